The van der Waals surface area contributed by atoms with Gasteiger partial charge in [0.05, 0.1) is 19.8 Å². The number of benzene rings is 2. The fourth-order valence-electron chi connectivity index (χ4n) is 3.29. The summed E-state index contributed by atoms with van der Waals surface area (Å²) in [4.78, 5) is 0. The van der Waals surface area contributed by atoms with Crippen molar-refractivity contribution in [3.63, 3.8) is 0 Å². The molecule has 1 aliphatic heterocycles. The van der Waals surface area contributed by atoms with Gasteiger partial charge >= 0.3 is 0 Å². The molecular weight excluding hydrogens is 354 g/mol. The molecule has 0 aromatic heterocycles. The SMILES string of the molecule is CCOc1c(OC)ccc2c1CCNC2c1cc(C)cc(Br)c1. The first kappa shape index (κ1) is 16.3. The van der Waals surface area contributed by atoms with Gasteiger partial charge in [-0.25, -0.2) is 0 Å². The summed E-state index contributed by atoms with van der Waals surface area (Å²) >= 11 is 3.61. The third-order valence-electron chi connectivity index (χ3n) is 4.20. The Balaban J connectivity index is 2.10. The Kier molecular flexibility index (Phi) is 4.93. The van der Waals surface area contributed by atoms with Crippen LogP contribution in [0.3, 0.4) is 0 Å². The first-order valence-corrected chi connectivity index (χ1v) is 8.76. The maximum atomic E-state index is 5.90. The number of hydrogen-bond acceptors (Lipinski definition) is 3. The molecule has 23 heavy (non-hydrogen) atoms. The summed E-state index contributed by atoms with van der Waals surface area (Å²) in [5.74, 6) is 1.71. The second-order valence-corrected chi connectivity index (χ2v) is 6.71. The monoisotopic (exact) mass is 375 g/mol. The summed E-state index contributed by atoms with van der Waals surface area (Å²) in [6, 6.07) is 10.9. The van der Waals surface area contributed by atoms with Crippen LogP contribution in [0, 0.1) is 6.92 Å². The second kappa shape index (κ2) is 6.93. The Morgan fingerprint density at radius 2 is 2.09 bits per heavy atom. The maximum Gasteiger partial charge on any atom is 0.164 e. The van der Waals surface area contributed by atoms with Crippen LogP contribution in [0.2, 0.25) is 0 Å². The summed E-state index contributed by atoms with van der Waals surface area (Å²) in [6.07, 6.45) is 0.950. The lowest BCUT2D eigenvalue weighted by Crippen LogP contribution is -2.31. The van der Waals surface area contributed by atoms with E-state index in [1.165, 1.54) is 22.3 Å². The van der Waals surface area contributed by atoms with Crippen LogP contribution in [0.25, 0.3) is 0 Å². The van der Waals surface area contributed by atoms with Gasteiger partial charge in [-0.2, -0.15) is 0 Å². The van der Waals surface area contributed by atoms with E-state index in [1.54, 1.807) is 7.11 Å². The third-order valence-corrected chi connectivity index (χ3v) is 4.66. The normalized spacial score (nSPS) is 16.8. The summed E-state index contributed by atoms with van der Waals surface area (Å²) in [5, 5.41) is 3.64. The Bertz CT molecular complexity index is 695. The number of fused-ring (bicyclic) bond motifs is 1. The zero-order valence-electron chi connectivity index (χ0n) is 13.8. The van der Waals surface area contributed by atoms with Crippen LogP contribution in [0.1, 0.15) is 35.2 Å². The summed E-state index contributed by atoms with van der Waals surface area (Å²) < 4.78 is 12.5. The minimum absolute atomic E-state index is 0.181. The van der Waals surface area contributed by atoms with Crippen molar-refractivity contribution < 1.29 is 9.47 Å². The smallest absolute Gasteiger partial charge is 0.164 e. The molecule has 1 aliphatic rings. The third kappa shape index (κ3) is 3.24. The van der Waals surface area contributed by atoms with Crippen LogP contribution < -0.4 is 14.8 Å². The van der Waals surface area contributed by atoms with Gasteiger partial charge in [0.1, 0.15) is 0 Å². The van der Waals surface area contributed by atoms with Crippen LogP contribution in [0.5, 0.6) is 11.5 Å². The molecule has 2 aromatic rings. The van der Waals surface area contributed by atoms with E-state index >= 15 is 0 Å². The molecule has 2 aromatic carbocycles. The van der Waals surface area contributed by atoms with Crippen LogP contribution in [0.4, 0.5) is 0 Å². The first-order chi connectivity index (χ1) is 11.1. The molecule has 0 bridgehead atoms. The zero-order chi connectivity index (χ0) is 16.4. The average Bonchev–Trinajstić information content (AvgIpc) is 2.54. The Labute approximate surface area is 146 Å². The van der Waals surface area contributed by atoms with E-state index in [9.17, 15) is 0 Å². The van der Waals surface area contributed by atoms with Crippen LogP contribution in [-0.4, -0.2) is 20.3 Å². The highest BCUT2D eigenvalue weighted by Crippen LogP contribution is 2.40. The van der Waals surface area contributed by atoms with Crippen LogP contribution in [0.15, 0.2) is 34.8 Å². The van der Waals surface area contributed by atoms with Crippen LogP contribution in [-0.2, 0) is 6.42 Å². The van der Waals surface area contributed by atoms with Crippen LogP contribution >= 0.6 is 15.9 Å². The maximum absolute atomic E-state index is 5.90. The summed E-state index contributed by atoms with van der Waals surface area (Å²) in [7, 11) is 1.69. The van der Waals surface area contributed by atoms with Gasteiger partial charge in [0.15, 0.2) is 11.5 Å². The van der Waals surface area contributed by atoms with Gasteiger partial charge in [-0.1, -0.05) is 28.1 Å². The molecule has 122 valence electrons. The van der Waals surface area contributed by atoms with Crippen molar-refractivity contribution in [1.29, 1.82) is 0 Å². The standard InChI is InChI=1S/C19H22BrNO2/c1-4-23-19-16-7-8-21-18(15(16)5-6-17(19)22-3)13-9-12(2)10-14(20)11-13/h5-6,9-11,18,21H,4,7-8H2,1-3H3. The predicted molar refractivity (Wildman–Crippen MR) is 96.6 cm³/mol. The fraction of sp³-hybridized carbons (Fsp3) is 0.368. The summed E-state index contributed by atoms with van der Waals surface area (Å²) in [6.45, 7) is 5.70. The van der Waals surface area contributed by atoms with E-state index < -0.39 is 0 Å². The molecule has 0 fully saturated rings. The molecule has 1 atom stereocenters. The van der Waals surface area contributed by atoms with Gasteiger partial charge in [0, 0.05) is 16.6 Å². The minimum Gasteiger partial charge on any atom is -0.493 e. The molecule has 0 saturated heterocycles. The molecular formula is C19H22BrNO2. The quantitative estimate of drug-likeness (QED) is 0.858. The zero-order valence-corrected chi connectivity index (χ0v) is 15.4. The van der Waals surface area contributed by atoms with Gasteiger partial charge in [0.25, 0.3) is 0 Å². The van der Waals surface area contributed by atoms with E-state index in [2.05, 4.69) is 52.4 Å². The van der Waals surface area contributed by atoms with Crippen molar-refractivity contribution in [2.24, 2.45) is 0 Å². The van der Waals surface area contributed by atoms with Gasteiger partial charge in [-0.15, -0.1) is 0 Å². The predicted octanol–water partition coefficient (Wildman–Crippen LogP) is 4.40. The molecule has 0 spiro atoms. The van der Waals surface area contributed by atoms with Crippen molar-refractivity contribution in [2.75, 3.05) is 20.3 Å². The molecule has 1 N–H and O–H groups in total. The highest BCUT2D eigenvalue weighted by atomic mass is 79.9. The lowest BCUT2D eigenvalue weighted by Gasteiger charge is -2.30. The second-order valence-electron chi connectivity index (χ2n) is 5.80. The Hall–Kier alpha value is -1.52. The van der Waals surface area contributed by atoms with Crippen molar-refractivity contribution in [3.8, 4) is 11.5 Å². The number of hydrogen-bond donors (Lipinski definition) is 1. The topological polar surface area (TPSA) is 30.5 Å². The summed E-state index contributed by atoms with van der Waals surface area (Å²) in [5.41, 5.74) is 5.05. The molecule has 1 unspecified atom stereocenters. The van der Waals surface area contributed by atoms with Crippen molar-refractivity contribution >= 4 is 15.9 Å². The van der Waals surface area contributed by atoms with E-state index in [4.69, 9.17) is 9.47 Å². The number of halogens is 1. The first-order valence-electron chi connectivity index (χ1n) is 7.97. The molecule has 1 heterocycles. The van der Waals surface area contributed by atoms with Gasteiger partial charge in [-0.05, 0) is 55.2 Å². The molecule has 4 heteroatoms. The molecule has 0 radical (unpaired) electrons. The van der Waals surface area contributed by atoms with E-state index in [0.29, 0.717) is 6.61 Å². The highest BCUT2D eigenvalue weighted by Gasteiger charge is 2.26. The number of aryl methyl sites for hydroxylation is 1. The Morgan fingerprint density at radius 1 is 1.26 bits per heavy atom. The van der Waals surface area contributed by atoms with Gasteiger partial charge in [0.2, 0.25) is 0 Å². The molecule has 3 rings (SSSR count). The van der Waals surface area contributed by atoms with Gasteiger partial charge < -0.3 is 14.8 Å². The number of rotatable bonds is 4. The minimum atomic E-state index is 0.181. The highest BCUT2D eigenvalue weighted by molar-refractivity contribution is 9.10. The number of nitrogens with one attached hydrogen (secondary N) is 1. The van der Waals surface area contributed by atoms with Crippen molar-refractivity contribution in [3.05, 3.63) is 57.1 Å². The number of ether oxygens (including phenoxy) is 2. The average molecular weight is 376 g/mol. The molecule has 3 nitrogen and oxygen atoms in total. The van der Waals surface area contributed by atoms with E-state index in [1.807, 2.05) is 13.0 Å². The molecule has 0 aliphatic carbocycles. The fourth-order valence-corrected chi connectivity index (χ4v) is 3.92. The lowest BCUT2D eigenvalue weighted by atomic mass is 9.88. The molecule has 0 amide bonds. The van der Waals surface area contributed by atoms with E-state index in [-0.39, 0.29) is 6.04 Å². The number of methoxy groups -OCH3 is 1. The molecule has 0 saturated carbocycles. The Morgan fingerprint density at radius 3 is 2.78 bits per heavy atom. The lowest BCUT2D eigenvalue weighted by molar-refractivity contribution is 0.305. The van der Waals surface area contributed by atoms with Gasteiger partial charge in [-0.3, -0.25) is 0 Å². The van der Waals surface area contributed by atoms with Crippen molar-refractivity contribution in [2.45, 2.75) is 26.3 Å². The van der Waals surface area contributed by atoms with Crippen molar-refractivity contribution in [1.82, 2.24) is 5.32 Å². The van der Waals surface area contributed by atoms with E-state index in [0.717, 1.165) is 28.9 Å². The largest absolute Gasteiger partial charge is 0.493 e.